The average molecular weight is 309 g/mol. The SMILES string of the molecule is O=C(O)c1c[nH]c2c(Cl)c(Cl)c3ncccc3c2c1=O. The molecule has 0 aliphatic heterocycles. The smallest absolute Gasteiger partial charge is 0.341 e. The second-order valence-electron chi connectivity index (χ2n) is 4.11. The molecule has 0 unspecified atom stereocenters. The molecule has 0 spiro atoms. The molecule has 1 aromatic carbocycles. The monoisotopic (exact) mass is 308 g/mol. The number of rotatable bonds is 1. The zero-order valence-corrected chi connectivity index (χ0v) is 11.3. The molecular weight excluding hydrogens is 303 g/mol. The van der Waals surface area contributed by atoms with Crippen molar-refractivity contribution in [3.63, 3.8) is 0 Å². The minimum Gasteiger partial charge on any atom is -0.477 e. The summed E-state index contributed by atoms with van der Waals surface area (Å²) in [6.07, 6.45) is 2.63. The lowest BCUT2D eigenvalue weighted by Crippen LogP contribution is -2.15. The molecule has 0 radical (unpaired) electrons. The number of carboxylic acid groups (broad SMARTS) is 1. The van der Waals surface area contributed by atoms with Crippen molar-refractivity contribution in [2.75, 3.05) is 0 Å². The maximum Gasteiger partial charge on any atom is 0.341 e. The van der Waals surface area contributed by atoms with E-state index in [1.54, 1.807) is 12.1 Å². The highest BCUT2D eigenvalue weighted by Crippen LogP contribution is 2.35. The van der Waals surface area contributed by atoms with Gasteiger partial charge in [-0.2, -0.15) is 0 Å². The number of nitrogens with zero attached hydrogens (tertiary/aromatic N) is 1. The Morgan fingerprint density at radius 2 is 2.05 bits per heavy atom. The van der Waals surface area contributed by atoms with Crippen molar-refractivity contribution in [3.8, 4) is 0 Å². The molecule has 0 saturated heterocycles. The molecule has 5 nitrogen and oxygen atoms in total. The second kappa shape index (κ2) is 4.47. The number of halogens is 2. The lowest BCUT2D eigenvalue weighted by Gasteiger charge is -2.08. The zero-order chi connectivity index (χ0) is 14.4. The predicted molar refractivity (Wildman–Crippen MR) is 76.8 cm³/mol. The Morgan fingerprint density at radius 3 is 2.75 bits per heavy atom. The van der Waals surface area contributed by atoms with Gasteiger partial charge in [0.1, 0.15) is 5.56 Å². The number of benzene rings is 1. The van der Waals surface area contributed by atoms with Gasteiger partial charge in [-0.05, 0) is 6.07 Å². The Kier molecular flexibility index (Phi) is 2.88. The lowest BCUT2D eigenvalue weighted by molar-refractivity contribution is 0.0695. The van der Waals surface area contributed by atoms with Crippen molar-refractivity contribution in [1.29, 1.82) is 0 Å². The van der Waals surface area contributed by atoms with Crippen molar-refractivity contribution in [2.45, 2.75) is 0 Å². The molecule has 3 aromatic rings. The van der Waals surface area contributed by atoms with E-state index in [9.17, 15) is 9.59 Å². The van der Waals surface area contributed by atoms with Gasteiger partial charge in [-0.1, -0.05) is 29.3 Å². The van der Waals surface area contributed by atoms with Gasteiger partial charge in [0.05, 0.1) is 26.5 Å². The van der Waals surface area contributed by atoms with Crippen LogP contribution in [0.2, 0.25) is 10.0 Å². The largest absolute Gasteiger partial charge is 0.477 e. The van der Waals surface area contributed by atoms with Crippen LogP contribution in [0.3, 0.4) is 0 Å². The summed E-state index contributed by atoms with van der Waals surface area (Å²) in [5.74, 6) is -1.31. The van der Waals surface area contributed by atoms with E-state index in [1.807, 2.05) is 0 Å². The lowest BCUT2D eigenvalue weighted by atomic mass is 10.1. The maximum atomic E-state index is 12.3. The highest BCUT2D eigenvalue weighted by Gasteiger charge is 2.18. The van der Waals surface area contributed by atoms with E-state index in [1.165, 1.54) is 6.20 Å². The second-order valence-corrected chi connectivity index (χ2v) is 4.87. The quantitative estimate of drug-likeness (QED) is 0.677. The Balaban J connectivity index is 2.68. The standard InChI is InChI=1S/C13H6Cl2N2O3/c14-8-9(15)11-7(5-2-1-3-16-10(5)8)12(18)6(4-17-11)13(19)20/h1-4H,(H,17,18)(H,19,20). The van der Waals surface area contributed by atoms with Gasteiger partial charge < -0.3 is 10.1 Å². The van der Waals surface area contributed by atoms with E-state index in [2.05, 4.69) is 9.97 Å². The van der Waals surface area contributed by atoms with E-state index in [0.29, 0.717) is 16.4 Å². The number of hydrogen-bond acceptors (Lipinski definition) is 3. The highest BCUT2D eigenvalue weighted by atomic mass is 35.5. The Bertz CT molecular complexity index is 934. The first kappa shape index (κ1) is 12.9. The van der Waals surface area contributed by atoms with Crippen molar-refractivity contribution in [2.24, 2.45) is 0 Å². The number of carboxylic acids is 1. The summed E-state index contributed by atoms with van der Waals surface area (Å²) in [4.78, 5) is 30.2. The number of pyridine rings is 2. The molecule has 0 aliphatic rings. The number of aromatic carboxylic acids is 1. The summed E-state index contributed by atoms with van der Waals surface area (Å²) in [6, 6.07) is 3.28. The molecule has 7 heteroatoms. The van der Waals surface area contributed by atoms with Gasteiger partial charge in [-0.3, -0.25) is 9.78 Å². The number of aromatic amines is 1. The molecule has 0 saturated carbocycles. The molecule has 0 amide bonds. The van der Waals surface area contributed by atoms with Crippen LogP contribution in [-0.2, 0) is 0 Å². The Labute approximate surface area is 121 Å². The molecule has 2 heterocycles. The van der Waals surface area contributed by atoms with Gasteiger partial charge in [-0.25, -0.2) is 4.79 Å². The first-order valence-corrected chi connectivity index (χ1v) is 6.28. The third kappa shape index (κ3) is 1.67. The van der Waals surface area contributed by atoms with Crippen LogP contribution in [0.5, 0.6) is 0 Å². The maximum absolute atomic E-state index is 12.3. The third-order valence-electron chi connectivity index (χ3n) is 3.01. The van der Waals surface area contributed by atoms with Crippen LogP contribution >= 0.6 is 23.2 Å². The molecule has 0 atom stereocenters. The number of hydrogen-bond donors (Lipinski definition) is 2. The molecule has 20 heavy (non-hydrogen) atoms. The number of H-pyrrole nitrogens is 1. The van der Waals surface area contributed by atoms with Gasteiger partial charge in [0, 0.05) is 17.8 Å². The number of nitrogens with one attached hydrogen (secondary N) is 1. The Hall–Kier alpha value is -2.11. The van der Waals surface area contributed by atoms with Crippen molar-refractivity contribution < 1.29 is 9.90 Å². The zero-order valence-electron chi connectivity index (χ0n) is 9.78. The summed E-state index contributed by atoms with van der Waals surface area (Å²) < 4.78 is 0. The van der Waals surface area contributed by atoms with Gasteiger partial charge in [0.2, 0.25) is 5.43 Å². The van der Waals surface area contributed by atoms with Gasteiger partial charge in [0.25, 0.3) is 0 Å². The molecule has 2 aromatic heterocycles. The third-order valence-corrected chi connectivity index (χ3v) is 3.85. The van der Waals surface area contributed by atoms with E-state index in [0.717, 1.165) is 6.20 Å². The summed E-state index contributed by atoms with van der Waals surface area (Å²) in [5, 5.41) is 10.0. The van der Waals surface area contributed by atoms with E-state index >= 15 is 0 Å². The summed E-state index contributed by atoms with van der Waals surface area (Å²) in [6.45, 7) is 0. The molecule has 3 rings (SSSR count). The van der Waals surface area contributed by atoms with Crippen molar-refractivity contribution in [1.82, 2.24) is 9.97 Å². The summed E-state index contributed by atoms with van der Waals surface area (Å²) >= 11 is 12.2. The van der Waals surface area contributed by atoms with E-state index < -0.39 is 11.4 Å². The van der Waals surface area contributed by atoms with Crippen LogP contribution in [-0.4, -0.2) is 21.0 Å². The Morgan fingerprint density at radius 1 is 1.30 bits per heavy atom. The fourth-order valence-corrected chi connectivity index (χ4v) is 2.60. The number of fused-ring (bicyclic) bond motifs is 3. The number of carbonyl (C=O) groups is 1. The van der Waals surface area contributed by atoms with Crippen LogP contribution in [0.25, 0.3) is 21.8 Å². The summed E-state index contributed by atoms with van der Waals surface area (Å²) in [7, 11) is 0. The molecular formula is C13H6Cl2N2O3. The molecule has 0 fully saturated rings. The highest BCUT2D eigenvalue weighted by molar-refractivity contribution is 6.48. The summed E-state index contributed by atoms with van der Waals surface area (Å²) in [5.41, 5.74) is -0.323. The average Bonchev–Trinajstić information content (AvgIpc) is 2.44. The fraction of sp³-hybridized carbons (Fsp3) is 0. The van der Waals surface area contributed by atoms with Crippen LogP contribution in [0.15, 0.2) is 29.3 Å². The van der Waals surface area contributed by atoms with Gasteiger partial charge in [0.15, 0.2) is 0 Å². The van der Waals surface area contributed by atoms with Crippen LogP contribution < -0.4 is 5.43 Å². The van der Waals surface area contributed by atoms with E-state index in [4.69, 9.17) is 28.3 Å². The first-order valence-electron chi connectivity index (χ1n) is 5.52. The topological polar surface area (TPSA) is 83.0 Å². The minimum atomic E-state index is -1.31. The van der Waals surface area contributed by atoms with Gasteiger partial charge in [-0.15, -0.1) is 0 Å². The van der Waals surface area contributed by atoms with Crippen LogP contribution in [0, 0.1) is 0 Å². The number of aromatic nitrogens is 2. The normalized spacial score (nSPS) is 11.1. The molecule has 2 N–H and O–H groups in total. The fourth-order valence-electron chi connectivity index (χ4n) is 2.11. The first-order chi connectivity index (χ1) is 9.52. The molecule has 0 bridgehead atoms. The van der Waals surface area contributed by atoms with Crippen molar-refractivity contribution >= 4 is 51.0 Å². The molecule has 100 valence electrons. The predicted octanol–water partition coefficient (Wildman–Crippen LogP) is 3.08. The molecule has 0 aliphatic carbocycles. The van der Waals surface area contributed by atoms with E-state index in [-0.39, 0.29) is 21.0 Å². The van der Waals surface area contributed by atoms with Crippen molar-refractivity contribution in [3.05, 3.63) is 50.4 Å². The minimum absolute atomic E-state index is 0.141. The van der Waals surface area contributed by atoms with Crippen LogP contribution in [0.4, 0.5) is 0 Å². The van der Waals surface area contributed by atoms with Gasteiger partial charge >= 0.3 is 5.97 Å². The van der Waals surface area contributed by atoms with Crippen LogP contribution in [0.1, 0.15) is 10.4 Å².